The van der Waals surface area contributed by atoms with Crippen molar-refractivity contribution in [3.63, 3.8) is 0 Å². The number of anilines is 1. The molecule has 1 aromatic heterocycles. The summed E-state index contributed by atoms with van der Waals surface area (Å²) >= 11 is 0. The quantitative estimate of drug-likeness (QED) is 0.837. The van der Waals surface area contributed by atoms with Gasteiger partial charge in [0.1, 0.15) is 11.6 Å². The van der Waals surface area contributed by atoms with E-state index >= 15 is 0 Å². The highest BCUT2D eigenvalue weighted by Crippen LogP contribution is 2.28. The van der Waals surface area contributed by atoms with Crippen LogP contribution in [0.5, 0.6) is 0 Å². The lowest BCUT2D eigenvalue weighted by Gasteiger charge is -2.33. The van der Waals surface area contributed by atoms with Crippen LogP contribution in [0.15, 0.2) is 6.07 Å². The number of likely N-dealkylation sites (tertiary alicyclic amines) is 1. The van der Waals surface area contributed by atoms with Gasteiger partial charge in [0.25, 0.3) is 0 Å². The van der Waals surface area contributed by atoms with Crippen LogP contribution in [-0.4, -0.2) is 59.5 Å². The van der Waals surface area contributed by atoms with Crippen molar-refractivity contribution in [3.05, 3.63) is 17.6 Å². The zero-order valence-corrected chi connectivity index (χ0v) is 14.7. The van der Waals surface area contributed by atoms with Crippen LogP contribution in [-0.2, 0) is 4.79 Å². The molecule has 1 aromatic rings. The molecule has 3 N–H and O–H groups in total. The Labute approximate surface area is 147 Å². The van der Waals surface area contributed by atoms with E-state index in [1.165, 1.54) is 12.8 Å². The summed E-state index contributed by atoms with van der Waals surface area (Å²) in [4.78, 5) is 36.3. The SMILES string of the molecule is Cc1nc(C2CCCN(C(=O)CNC(N)=O)C2)cc(N2CCCC2)n1. The summed E-state index contributed by atoms with van der Waals surface area (Å²) in [7, 11) is 0. The van der Waals surface area contributed by atoms with Crippen molar-refractivity contribution < 1.29 is 9.59 Å². The van der Waals surface area contributed by atoms with Crippen LogP contribution in [0.3, 0.4) is 0 Å². The average molecular weight is 346 g/mol. The van der Waals surface area contributed by atoms with Crippen LogP contribution in [0, 0.1) is 6.92 Å². The van der Waals surface area contributed by atoms with Gasteiger partial charge in [-0.1, -0.05) is 0 Å². The van der Waals surface area contributed by atoms with Crippen LogP contribution >= 0.6 is 0 Å². The van der Waals surface area contributed by atoms with Gasteiger partial charge in [0.05, 0.1) is 12.2 Å². The lowest BCUT2D eigenvalue weighted by molar-refractivity contribution is -0.131. The number of aryl methyl sites for hydroxylation is 1. The largest absolute Gasteiger partial charge is 0.357 e. The topological polar surface area (TPSA) is 104 Å². The Morgan fingerprint density at radius 1 is 1.24 bits per heavy atom. The molecule has 3 amide bonds. The van der Waals surface area contributed by atoms with E-state index in [0.717, 1.165) is 43.3 Å². The molecule has 136 valence electrons. The number of amides is 3. The van der Waals surface area contributed by atoms with Crippen molar-refractivity contribution in [3.8, 4) is 0 Å². The van der Waals surface area contributed by atoms with Gasteiger partial charge < -0.3 is 20.9 Å². The van der Waals surface area contributed by atoms with Crippen molar-refractivity contribution in [2.24, 2.45) is 5.73 Å². The first kappa shape index (κ1) is 17.4. The highest BCUT2D eigenvalue weighted by Gasteiger charge is 2.27. The zero-order chi connectivity index (χ0) is 17.8. The molecule has 8 heteroatoms. The van der Waals surface area contributed by atoms with E-state index in [2.05, 4.69) is 26.3 Å². The molecule has 3 rings (SSSR count). The summed E-state index contributed by atoms with van der Waals surface area (Å²) in [6.07, 6.45) is 4.34. The van der Waals surface area contributed by atoms with Gasteiger partial charge in [-0.05, 0) is 32.6 Å². The van der Waals surface area contributed by atoms with Gasteiger partial charge >= 0.3 is 6.03 Å². The van der Waals surface area contributed by atoms with E-state index in [0.29, 0.717) is 13.1 Å². The molecule has 3 heterocycles. The Kier molecular flexibility index (Phi) is 5.35. The van der Waals surface area contributed by atoms with Gasteiger partial charge in [0.15, 0.2) is 0 Å². The van der Waals surface area contributed by atoms with E-state index in [-0.39, 0.29) is 18.4 Å². The van der Waals surface area contributed by atoms with Crippen LogP contribution in [0.2, 0.25) is 0 Å². The molecule has 2 saturated heterocycles. The number of carbonyl (C=O) groups excluding carboxylic acids is 2. The van der Waals surface area contributed by atoms with Crippen LogP contribution in [0.1, 0.15) is 43.1 Å². The Balaban J connectivity index is 1.70. The maximum absolute atomic E-state index is 12.2. The summed E-state index contributed by atoms with van der Waals surface area (Å²) in [5.74, 6) is 1.88. The third-order valence-electron chi connectivity index (χ3n) is 4.88. The highest BCUT2D eigenvalue weighted by atomic mass is 16.2. The smallest absolute Gasteiger partial charge is 0.312 e. The minimum atomic E-state index is -0.677. The first-order chi connectivity index (χ1) is 12.0. The summed E-state index contributed by atoms with van der Waals surface area (Å²) in [5, 5.41) is 2.37. The minimum absolute atomic E-state index is 0.0517. The second-order valence-corrected chi connectivity index (χ2v) is 6.79. The van der Waals surface area contributed by atoms with Crippen LogP contribution < -0.4 is 16.0 Å². The molecule has 2 aliphatic rings. The van der Waals surface area contributed by atoms with E-state index in [1.54, 1.807) is 4.90 Å². The van der Waals surface area contributed by atoms with Crippen molar-refractivity contribution in [1.82, 2.24) is 20.2 Å². The molecule has 2 aliphatic heterocycles. The number of carbonyl (C=O) groups is 2. The van der Waals surface area contributed by atoms with Gasteiger partial charge in [0, 0.05) is 38.2 Å². The molecule has 8 nitrogen and oxygen atoms in total. The number of rotatable bonds is 4. The molecule has 1 unspecified atom stereocenters. The van der Waals surface area contributed by atoms with Crippen LogP contribution in [0.25, 0.3) is 0 Å². The predicted octanol–water partition coefficient (Wildman–Crippen LogP) is 0.760. The molecule has 0 aliphatic carbocycles. The number of aromatic nitrogens is 2. The van der Waals surface area contributed by atoms with Gasteiger partial charge in [-0.3, -0.25) is 4.79 Å². The van der Waals surface area contributed by atoms with Gasteiger partial charge in [-0.15, -0.1) is 0 Å². The first-order valence-electron chi connectivity index (χ1n) is 8.94. The summed E-state index contributed by atoms with van der Waals surface area (Å²) in [6.45, 7) is 5.29. The van der Waals surface area contributed by atoms with E-state index in [9.17, 15) is 9.59 Å². The fourth-order valence-electron chi connectivity index (χ4n) is 3.61. The molecule has 1 atom stereocenters. The van der Waals surface area contributed by atoms with Crippen molar-refractivity contribution >= 4 is 17.8 Å². The maximum atomic E-state index is 12.2. The third-order valence-corrected chi connectivity index (χ3v) is 4.88. The van der Waals surface area contributed by atoms with Crippen molar-refractivity contribution in [2.75, 3.05) is 37.6 Å². The summed E-state index contributed by atoms with van der Waals surface area (Å²) in [6, 6.07) is 1.40. The van der Waals surface area contributed by atoms with Crippen LogP contribution in [0.4, 0.5) is 10.6 Å². The summed E-state index contributed by atoms with van der Waals surface area (Å²) in [5.41, 5.74) is 6.05. The molecule has 0 aromatic carbocycles. The molecule has 0 spiro atoms. The lowest BCUT2D eigenvalue weighted by Crippen LogP contribution is -2.45. The minimum Gasteiger partial charge on any atom is -0.357 e. The third kappa shape index (κ3) is 4.37. The first-order valence-corrected chi connectivity index (χ1v) is 8.94. The average Bonchev–Trinajstić information content (AvgIpc) is 3.14. The fourth-order valence-corrected chi connectivity index (χ4v) is 3.61. The highest BCUT2D eigenvalue weighted by molar-refractivity contribution is 5.83. The number of piperidine rings is 1. The monoisotopic (exact) mass is 346 g/mol. The number of hydrogen-bond donors (Lipinski definition) is 2. The molecular weight excluding hydrogens is 320 g/mol. The Bertz CT molecular complexity index is 644. The van der Waals surface area contributed by atoms with Crippen molar-refractivity contribution in [2.45, 2.75) is 38.5 Å². The fraction of sp³-hybridized carbons (Fsp3) is 0.647. The van der Waals surface area contributed by atoms with Gasteiger partial charge in [0.2, 0.25) is 5.91 Å². The van der Waals surface area contributed by atoms with Gasteiger partial charge in [-0.2, -0.15) is 0 Å². The lowest BCUT2D eigenvalue weighted by atomic mass is 9.94. The molecule has 2 fully saturated rings. The number of primary amides is 1. The molecule has 0 bridgehead atoms. The normalized spacial score (nSPS) is 20.6. The molecule has 25 heavy (non-hydrogen) atoms. The number of urea groups is 1. The van der Waals surface area contributed by atoms with Crippen molar-refractivity contribution in [1.29, 1.82) is 0 Å². The van der Waals surface area contributed by atoms with E-state index in [4.69, 9.17) is 5.73 Å². The second-order valence-electron chi connectivity index (χ2n) is 6.79. The number of hydrogen-bond acceptors (Lipinski definition) is 5. The zero-order valence-electron chi connectivity index (χ0n) is 14.7. The Morgan fingerprint density at radius 3 is 2.72 bits per heavy atom. The Morgan fingerprint density at radius 2 is 2.00 bits per heavy atom. The number of nitrogens with one attached hydrogen (secondary N) is 1. The number of nitrogens with zero attached hydrogens (tertiary/aromatic N) is 4. The summed E-state index contributed by atoms with van der Waals surface area (Å²) < 4.78 is 0. The standard InChI is InChI=1S/C17H26N6O2/c1-12-20-14(9-15(21-12)22-6-2-3-7-22)13-5-4-8-23(11-13)16(24)10-19-17(18)25/h9,13H,2-8,10-11H2,1H3,(H3,18,19,25). The molecule has 0 radical (unpaired) electrons. The predicted molar refractivity (Wildman–Crippen MR) is 94.4 cm³/mol. The Hall–Kier alpha value is -2.38. The maximum Gasteiger partial charge on any atom is 0.312 e. The van der Waals surface area contributed by atoms with E-state index < -0.39 is 6.03 Å². The molecular formula is C17H26N6O2. The van der Waals surface area contributed by atoms with E-state index in [1.807, 2.05) is 6.92 Å². The number of nitrogens with two attached hydrogens (primary N) is 1. The second kappa shape index (κ2) is 7.67. The molecule has 0 saturated carbocycles. The van der Waals surface area contributed by atoms with Gasteiger partial charge in [-0.25, -0.2) is 14.8 Å².